The minimum Gasteiger partial charge on any atom is -0.324 e. The number of anilines is 4. The molecule has 0 atom stereocenters. The first-order valence-electron chi connectivity index (χ1n) is 11.5. The Labute approximate surface area is 226 Å². The molecule has 0 radical (unpaired) electrons. The van der Waals surface area contributed by atoms with Gasteiger partial charge in [0.05, 0.1) is 23.9 Å². The number of hydrazone groups is 2. The molecule has 0 saturated carbocycles. The van der Waals surface area contributed by atoms with Crippen LogP contribution in [0.1, 0.15) is 25.0 Å². The van der Waals surface area contributed by atoms with E-state index < -0.39 is 20.0 Å². The largest absolute Gasteiger partial charge is 0.324 e. The maximum absolute atomic E-state index is 11.8. The molecule has 3 N–H and O–H groups in total. The normalized spacial score (nSPS) is 12.8. The smallest absolute Gasteiger partial charge is 0.235 e. The van der Waals surface area contributed by atoms with Crippen LogP contribution in [-0.2, 0) is 20.0 Å². The van der Waals surface area contributed by atoms with Crippen molar-refractivity contribution in [1.82, 2.24) is 17.9 Å². The first-order valence-corrected chi connectivity index (χ1v) is 15.2. The van der Waals surface area contributed by atoms with Crippen LogP contribution in [0.3, 0.4) is 0 Å². The second-order valence-electron chi connectivity index (χ2n) is 8.56. The topological polar surface area (TPSA) is 165 Å². The maximum Gasteiger partial charge on any atom is 0.235 e. The molecule has 1 aromatic carbocycles. The van der Waals surface area contributed by atoms with Gasteiger partial charge in [-0.2, -0.15) is 20.2 Å². The molecule has 0 amide bonds. The van der Waals surface area contributed by atoms with E-state index in [1.54, 1.807) is 32.0 Å². The molecule has 0 bridgehead atoms. The van der Waals surface area contributed by atoms with Crippen molar-refractivity contribution in [2.75, 3.05) is 28.7 Å². The summed E-state index contributed by atoms with van der Waals surface area (Å²) in [5.41, 5.74) is 8.82. The Morgan fingerprint density at radius 1 is 0.744 bits per heavy atom. The lowest BCUT2D eigenvalue weighted by atomic mass is 10.2. The molecule has 0 fully saturated rings. The lowest BCUT2D eigenvalue weighted by Gasteiger charge is -2.10. The number of hydrogen-bond acceptors (Lipinski definition) is 11. The summed E-state index contributed by atoms with van der Waals surface area (Å²) in [6, 6.07) is 14.2. The van der Waals surface area contributed by atoms with Gasteiger partial charge in [0.1, 0.15) is 0 Å². The third kappa shape index (κ3) is 7.30. The van der Waals surface area contributed by atoms with Gasteiger partial charge in [0.15, 0.2) is 11.6 Å². The zero-order valence-corrected chi connectivity index (χ0v) is 23.2. The summed E-state index contributed by atoms with van der Waals surface area (Å²) < 4.78 is 49.2. The number of para-hydroxylation sites is 1. The van der Waals surface area contributed by atoms with Gasteiger partial charge in [-0.1, -0.05) is 18.2 Å². The summed E-state index contributed by atoms with van der Waals surface area (Å²) in [6.07, 6.45) is 8.07. The average Bonchev–Trinajstić information content (AvgIpc) is 3.57. The molecule has 4 aromatic rings. The van der Waals surface area contributed by atoms with Gasteiger partial charge in [0.25, 0.3) is 0 Å². The molecule has 15 heteroatoms. The van der Waals surface area contributed by atoms with Crippen LogP contribution in [0.2, 0.25) is 0 Å². The zero-order valence-electron chi connectivity index (χ0n) is 21.6. The molecule has 0 aliphatic carbocycles. The van der Waals surface area contributed by atoms with Gasteiger partial charge in [0, 0.05) is 47.7 Å². The predicted octanol–water partition coefficient (Wildman–Crippen LogP) is 3.11. The van der Waals surface area contributed by atoms with Crippen LogP contribution >= 0.6 is 0 Å². The first kappa shape index (κ1) is 27.5. The quantitative estimate of drug-likeness (QED) is 0.192. The summed E-state index contributed by atoms with van der Waals surface area (Å²) >= 11 is 0. The number of aromatic nitrogens is 4. The van der Waals surface area contributed by atoms with Crippen molar-refractivity contribution in [2.24, 2.45) is 10.2 Å². The van der Waals surface area contributed by atoms with Gasteiger partial charge >= 0.3 is 0 Å². The second kappa shape index (κ2) is 11.1. The Morgan fingerprint density at radius 3 is 1.62 bits per heavy atom. The van der Waals surface area contributed by atoms with Crippen molar-refractivity contribution in [1.29, 1.82) is 0 Å². The zero-order chi connectivity index (χ0) is 28.2. The molecule has 13 nitrogen and oxygen atoms in total. The summed E-state index contributed by atoms with van der Waals surface area (Å²) in [5, 5.41) is 11.8. The second-order valence-corrected chi connectivity index (χ2v) is 12.3. The van der Waals surface area contributed by atoms with Gasteiger partial charge in [-0.05, 0) is 38.1 Å². The predicted molar refractivity (Wildman–Crippen MR) is 153 cm³/mol. The van der Waals surface area contributed by atoms with E-state index in [2.05, 4.69) is 36.3 Å². The lowest BCUT2D eigenvalue weighted by molar-refractivity contribution is 0.592. The molecule has 0 aliphatic heterocycles. The third-order valence-corrected chi connectivity index (χ3v) is 7.35. The van der Waals surface area contributed by atoms with E-state index in [4.69, 9.17) is 0 Å². The molecule has 0 unspecified atom stereocenters. The Bertz CT molecular complexity index is 1650. The van der Waals surface area contributed by atoms with Crippen molar-refractivity contribution in [3.8, 4) is 0 Å². The SMILES string of the molecule is CC(=NNc1cc(NN=C(C)c2ccn(S(C)(=O)=O)c2)nc(Nc2ccccc2)n1)c1ccn(S(C)(=O)=O)c1. The summed E-state index contributed by atoms with van der Waals surface area (Å²) in [4.78, 5) is 8.91. The average molecular weight is 570 g/mol. The highest BCUT2D eigenvalue weighted by Crippen LogP contribution is 2.19. The molecule has 3 heterocycles. The van der Waals surface area contributed by atoms with Gasteiger partial charge in [-0.15, -0.1) is 0 Å². The highest BCUT2D eigenvalue weighted by atomic mass is 32.2. The molecule has 0 spiro atoms. The highest BCUT2D eigenvalue weighted by Gasteiger charge is 2.10. The number of nitrogens with one attached hydrogen (secondary N) is 3. The van der Waals surface area contributed by atoms with Gasteiger partial charge < -0.3 is 5.32 Å². The Hall–Kier alpha value is -4.50. The van der Waals surface area contributed by atoms with Crippen molar-refractivity contribution in [2.45, 2.75) is 13.8 Å². The first-order chi connectivity index (χ1) is 18.4. The number of nitrogens with zero attached hydrogens (tertiary/aromatic N) is 6. The highest BCUT2D eigenvalue weighted by molar-refractivity contribution is 7.89. The van der Waals surface area contributed by atoms with Crippen LogP contribution in [0.25, 0.3) is 0 Å². The van der Waals surface area contributed by atoms with E-state index in [1.165, 1.54) is 24.8 Å². The standard InChI is InChI=1S/C24H27N9O4S2/c1-17(19-10-12-32(15-19)38(3,34)35)28-30-22-14-23(27-24(26-22)25-21-8-6-5-7-9-21)31-29-18(2)20-11-13-33(16-20)39(4,36)37/h5-16H,1-4H3,(H3,25,26,27,30,31). The fraction of sp³-hybridized carbons (Fsp3) is 0.167. The Morgan fingerprint density at radius 2 is 1.21 bits per heavy atom. The molecular formula is C24H27N9O4S2. The van der Waals surface area contributed by atoms with Gasteiger partial charge in [-0.3, -0.25) is 18.8 Å². The number of hydrogen-bond donors (Lipinski definition) is 3. The lowest BCUT2D eigenvalue weighted by Crippen LogP contribution is -2.08. The molecule has 0 aliphatic rings. The van der Waals surface area contributed by atoms with Crippen LogP contribution in [0.5, 0.6) is 0 Å². The fourth-order valence-electron chi connectivity index (χ4n) is 3.27. The van der Waals surface area contributed by atoms with Crippen LogP contribution in [-0.4, -0.2) is 58.7 Å². The molecule has 39 heavy (non-hydrogen) atoms. The third-order valence-electron chi connectivity index (χ3n) is 5.37. The van der Waals surface area contributed by atoms with E-state index >= 15 is 0 Å². The van der Waals surface area contributed by atoms with E-state index in [1.807, 2.05) is 30.3 Å². The van der Waals surface area contributed by atoms with E-state index in [-0.39, 0.29) is 5.95 Å². The van der Waals surface area contributed by atoms with E-state index in [0.717, 1.165) is 26.1 Å². The summed E-state index contributed by atoms with van der Waals surface area (Å²) in [7, 11) is -6.81. The minimum atomic E-state index is -3.40. The van der Waals surface area contributed by atoms with Crippen LogP contribution < -0.4 is 16.2 Å². The fourth-order valence-corrected chi connectivity index (χ4v) is 4.45. The van der Waals surface area contributed by atoms with Crippen molar-refractivity contribution in [3.63, 3.8) is 0 Å². The number of benzene rings is 1. The van der Waals surface area contributed by atoms with Crippen molar-refractivity contribution in [3.05, 3.63) is 84.4 Å². The summed E-state index contributed by atoms with van der Waals surface area (Å²) in [6.45, 7) is 3.46. The number of rotatable bonds is 10. The van der Waals surface area contributed by atoms with Gasteiger partial charge in [0.2, 0.25) is 26.0 Å². The molecule has 4 rings (SSSR count). The van der Waals surface area contributed by atoms with Gasteiger partial charge in [-0.25, -0.2) is 16.8 Å². The van der Waals surface area contributed by atoms with E-state index in [0.29, 0.717) is 34.2 Å². The molecule has 3 aromatic heterocycles. The van der Waals surface area contributed by atoms with Crippen LogP contribution in [0.15, 0.2) is 83.5 Å². The Balaban J connectivity index is 1.59. The molecule has 204 valence electrons. The monoisotopic (exact) mass is 569 g/mol. The van der Waals surface area contributed by atoms with Crippen molar-refractivity contribution >= 4 is 54.7 Å². The van der Waals surface area contributed by atoms with Crippen LogP contribution in [0, 0.1) is 0 Å². The minimum absolute atomic E-state index is 0.265. The molecular weight excluding hydrogens is 542 g/mol. The maximum atomic E-state index is 11.8. The summed E-state index contributed by atoms with van der Waals surface area (Å²) in [5.74, 6) is 0.939. The van der Waals surface area contributed by atoms with Crippen LogP contribution in [0.4, 0.5) is 23.3 Å². The Kier molecular flexibility index (Phi) is 7.83. The molecule has 0 saturated heterocycles. The van der Waals surface area contributed by atoms with Crippen molar-refractivity contribution < 1.29 is 16.8 Å². The van der Waals surface area contributed by atoms with E-state index in [9.17, 15) is 16.8 Å².